The number of aliphatic hydroxyl groups is 1. The first-order chi connectivity index (χ1) is 17.0. The van der Waals surface area contributed by atoms with E-state index in [0.717, 1.165) is 49.4 Å². The molecule has 7 heteroatoms. The number of aryl methyl sites for hydroxylation is 1. The lowest BCUT2D eigenvalue weighted by molar-refractivity contribution is 0.0442. The maximum absolute atomic E-state index is 10.7. The summed E-state index contributed by atoms with van der Waals surface area (Å²) in [6, 6.07) is 17.4. The highest BCUT2D eigenvalue weighted by Gasteiger charge is 2.26. The molecule has 186 valence electrons. The van der Waals surface area contributed by atoms with Gasteiger partial charge < -0.3 is 14.6 Å². The number of ether oxygens (including phenoxy) is 2. The Morgan fingerprint density at radius 3 is 2.74 bits per heavy atom. The van der Waals surface area contributed by atoms with Gasteiger partial charge in [-0.05, 0) is 56.9 Å². The van der Waals surface area contributed by atoms with Crippen molar-refractivity contribution in [2.45, 2.75) is 51.4 Å². The fourth-order valence-corrected chi connectivity index (χ4v) is 4.58. The summed E-state index contributed by atoms with van der Waals surface area (Å²) >= 11 is 6.45. The van der Waals surface area contributed by atoms with Gasteiger partial charge in [-0.25, -0.2) is 4.68 Å². The highest BCUT2D eigenvalue weighted by molar-refractivity contribution is 6.32. The zero-order valence-electron chi connectivity index (χ0n) is 20.3. The first kappa shape index (κ1) is 25.5. The van der Waals surface area contributed by atoms with Gasteiger partial charge in [-0.3, -0.25) is 4.90 Å². The van der Waals surface area contributed by atoms with Crippen LogP contribution >= 0.6 is 11.6 Å². The zero-order valence-corrected chi connectivity index (χ0v) is 21.0. The Morgan fingerprint density at radius 1 is 1.26 bits per heavy atom. The quantitative estimate of drug-likeness (QED) is 0.315. The number of aromatic nitrogens is 2. The Balaban J connectivity index is 1.67. The molecular formula is C28H34ClN3O3. The molecule has 1 saturated heterocycles. The van der Waals surface area contributed by atoms with Gasteiger partial charge in [0.05, 0.1) is 34.2 Å². The molecule has 1 N–H and O–H groups in total. The second-order valence-electron chi connectivity index (χ2n) is 9.00. The van der Waals surface area contributed by atoms with Crippen LogP contribution in [0.5, 0.6) is 11.6 Å². The molecule has 0 unspecified atom stereocenters. The van der Waals surface area contributed by atoms with Crippen LogP contribution in [0.1, 0.15) is 36.9 Å². The number of benzene rings is 2. The zero-order chi connectivity index (χ0) is 24.6. The molecular weight excluding hydrogens is 462 g/mol. The molecule has 2 aromatic carbocycles. The largest absolute Gasteiger partial charge is 0.437 e. The third-order valence-electron chi connectivity index (χ3n) is 6.22. The Hall–Kier alpha value is -2.64. The number of aliphatic hydroxyl groups excluding tert-OH is 1. The lowest BCUT2D eigenvalue weighted by Crippen LogP contribution is -2.37. The summed E-state index contributed by atoms with van der Waals surface area (Å²) in [6.07, 6.45) is 5.12. The molecule has 2 heterocycles. The van der Waals surface area contributed by atoms with Gasteiger partial charge in [-0.15, -0.1) is 6.58 Å². The molecule has 35 heavy (non-hydrogen) atoms. The van der Waals surface area contributed by atoms with Crippen molar-refractivity contribution >= 4 is 11.6 Å². The van der Waals surface area contributed by atoms with Crippen molar-refractivity contribution in [2.75, 3.05) is 19.7 Å². The second kappa shape index (κ2) is 12.4. The van der Waals surface area contributed by atoms with Crippen LogP contribution in [0.15, 0.2) is 67.3 Å². The van der Waals surface area contributed by atoms with Crippen molar-refractivity contribution in [1.82, 2.24) is 14.7 Å². The number of rotatable bonds is 12. The van der Waals surface area contributed by atoms with Gasteiger partial charge in [0.2, 0.25) is 5.88 Å². The standard InChI is InChI=1S/C28H34ClN3O3/c1-3-4-13-23(33)18-31(19-24-14-10-17-34-24)20-25-21(2)30-32(22-11-6-5-7-12-22)28(25)35-27-16-9-8-15-26(27)29/h3,5-9,11-12,15-16,23-24,33H,1,4,10,13-14,17-20H2,2H3/t23-,24+/m1/s1. The van der Waals surface area contributed by atoms with E-state index in [-0.39, 0.29) is 6.10 Å². The molecule has 3 aromatic rings. The maximum atomic E-state index is 10.7. The Labute approximate surface area is 212 Å². The topological polar surface area (TPSA) is 59.8 Å². The van der Waals surface area contributed by atoms with Crippen LogP contribution in [0, 0.1) is 6.92 Å². The highest BCUT2D eigenvalue weighted by atomic mass is 35.5. The van der Waals surface area contributed by atoms with Gasteiger partial charge in [0, 0.05) is 26.2 Å². The van der Waals surface area contributed by atoms with E-state index in [1.807, 2.05) is 72.3 Å². The maximum Gasteiger partial charge on any atom is 0.227 e. The van der Waals surface area contributed by atoms with Crippen molar-refractivity contribution in [3.05, 3.63) is 83.5 Å². The molecule has 6 nitrogen and oxygen atoms in total. The lowest BCUT2D eigenvalue weighted by atomic mass is 10.1. The van der Waals surface area contributed by atoms with Gasteiger partial charge in [0.1, 0.15) is 5.75 Å². The third-order valence-corrected chi connectivity index (χ3v) is 6.53. The average molecular weight is 496 g/mol. The third kappa shape index (κ3) is 6.73. The molecule has 0 saturated carbocycles. The molecule has 0 radical (unpaired) electrons. The van der Waals surface area contributed by atoms with Crippen LogP contribution < -0.4 is 4.74 Å². The van der Waals surface area contributed by atoms with Crippen LogP contribution in [0.2, 0.25) is 5.02 Å². The van der Waals surface area contributed by atoms with Crippen LogP contribution in [-0.2, 0) is 11.3 Å². The smallest absolute Gasteiger partial charge is 0.227 e. The first-order valence-electron chi connectivity index (χ1n) is 12.2. The molecule has 0 aliphatic carbocycles. The molecule has 0 spiro atoms. The normalized spacial score (nSPS) is 16.5. The van der Waals surface area contributed by atoms with Crippen LogP contribution in [0.3, 0.4) is 0 Å². The summed E-state index contributed by atoms with van der Waals surface area (Å²) in [5.74, 6) is 1.20. The first-order valence-corrected chi connectivity index (χ1v) is 12.6. The minimum absolute atomic E-state index is 0.166. The molecule has 1 fully saturated rings. The van der Waals surface area contributed by atoms with Crippen molar-refractivity contribution in [3.8, 4) is 17.3 Å². The molecule has 1 aliphatic heterocycles. The van der Waals surface area contributed by atoms with Gasteiger partial charge >= 0.3 is 0 Å². The Kier molecular flexibility index (Phi) is 8.99. The number of hydrogen-bond donors (Lipinski definition) is 1. The minimum Gasteiger partial charge on any atom is -0.437 e. The van der Waals surface area contributed by atoms with E-state index in [1.165, 1.54) is 0 Å². The van der Waals surface area contributed by atoms with Crippen LogP contribution in [-0.4, -0.2) is 51.7 Å². The van der Waals surface area contributed by atoms with E-state index in [0.29, 0.717) is 36.2 Å². The number of nitrogens with zero attached hydrogens (tertiary/aromatic N) is 3. The number of halogens is 1. The average Bonchev–Trinajstić information content (AvgIpc) is 3.48. The minimum atomic E-state index is -0.452. The van der Waals surface area contributed by atoms with Gasteiger partial charge in [0.25, 0.3) is 0 Å². The van der Waals surface area contributed by atoms with Crippen molar-refractivity contribution in [2.24, 2.45) is 0 Å². The molecule has 4 rings (SSSR count). The second-order valence-corrected chi connectivity index (χ2v) is 9.41. The lowest BCUT2D eigenvalue weighted by Gasteiger charge is -2.27. The molecule has 1 aromatic heterocycles. The fourth-order valence-electron chi connectivity index (χ4n) is 4.40. The van der Waals surface area contributed by atoms with E-state index in [9.17, 15) is 5.11 Å². The predicted octanol–water partition coefficient (Wildman–Crippen LogP) is 5.93. The van der Waals surface area contributed by atoms with Gasteiger partial charge in [-0.1, -0.05) is 48.0 Å². The SMILES string of the molecule is C=CCC[C@@H](O)CN(Cc1c(C)nn(-c2ccccc2)c1Oc1ccccc1Cl)C[C@@H]1CCCO1. The summed E-state index contributed by atoms with van der Waals surface area (Å²) in [5.41, 5.74) is 2.73. The van der Waals surface area contributed by atoms with E-state index < -0.39 is 6.10 Å². The van der Waals surface area contributed by atoms with E-state index >= 15 is 0 Å². The molecule has 0 amide bonds. The summed E-state index contributed by atoms with van der Waals surface area (Å²) in [4.78, 5) is 2.25. The number of para-hydroxylation sites is 2. The van der Waals surface area contributed by atoms with Crippen molar-refractivity contribution in [3.63, 3.8) is 0 Å². The van der Waals surface area contributed by atoms with Gasteiger partial charge in [0.15, 0.2) is 0 Å². The Bertz CT molecular complexity index is 1100. The predicted molar refractivity (Wildman–Crippen MR) is 140 cm³/mol. The summed E-state index contributed by atoms with van der Waals surface area (Å²) < 4.78 is 14.2. The monoisotopic (exact) mass is 495 g/mol. The van der Waals surface area contributed by atoms with Crippen molar-refractivity contribution < 1.29 is 14.6 Å². The van der Waals surface area contributed by atoms with Crippen molar-refractivity contribution in [1.29, 1.82) is 0 Å². The van der Waals surface area contributed by atoms with E-state index in [2.05, 4.69) is 11.5 Å². The number of hydrogen-bond acceptors (Lipinski definition) is 5. The van der Waals surface area contributed by atoms with E-state index in [4.69, 9.17) is 26.2 Å². The Morgan fingerprint density at radius 2 is 2.03 bits per heavy atom. The molecule has 1 aliphatic rings. The van der Waals surface area contributed by atoms with E-state index in [1.54, 1.807) is 0 Å². The van der Waals surface area contributed by atoms with Crippen LogP contribution in [0.4, 0.5) is 0 Å². The highest BCUT2D eigenvalue weighted by Crippen LogP contribution is 2.35. The summed E-state index contributed by atoms with van der Waals surface area (Å²) in [6.45, 7) is 8.42. The van der Waals surface area contributed by atoms with Crippen LogP contribution in [0.25, 0.3) is 5.69 Å². The molecule has 2 atom stereocenters. The summed E-state index contributed by atoms with van der Waals surface area (Å²) in [5, 5.41) is 16.1. The summed E-state index contributed by atoms with van der Waals surface area (Å²) in [7, 11) is 0. The molecule has 0 bridgehead atoms. The fraction of sp³-hybridized carbons (Fsp3) is 0.393. The van der Waals surface area contributed by atoms with Gasteiger partial charge in [-0.2, -0.15) is 5.10 Å². The number of allylic oxidation sites excluding steroid dienone is 1.